The van der Waals surface area contributed by atoms with Gasteiger partial charge < -0.3 is 9.80 Å². The van der Waals surface area contributed by atoms with Gasteiger partial charge >= 0.3 is 0 Å². The van der Waals surface area contributed by atoms with Gasteiger partial charge in [0.2, 0.25) is 11.1 Å². The molecule has 138 valence electrons. The maximum Gasteiger partial charge on any atom is 0.233 e. The molecule has 27 heavy (non-hydrogen) atoms. The van der Waals surface area contributed by atoms with Gasteiger partial charge in [-0.25, -0.2) is 14.6 Å². The van der Waals surface area contributed by atoms with E-state index in [2.05, 4.69) is 20.0 Å². The van der Waals surface area contributed by atoms with Crippen LogP contribution in [0.25, 0.3) is 5.69 Å². The summed E-state index contributed by atoms with van der Waals surface area (Å²) in [7, 11) is 0. The van der Waals surface area contributed by atoms with Crippen LogP contribution in [0.4, 0.5) is 5.82 Å². The van der Waals surface area contributed by atoms with Gasteiger partial charge in [-0.2, -0.15) is 0 Å². The van der Waals surface area contributed by atoms with Gasteiger partial charge in [-0.15, -0.1) is 5.10 Å². The molecule has 1 fully saturated rings. The van der Waals surface area contributed by atoms with Crippen molar-refractivity contribution in [1.82, 2.24) is 24.6 Å². The number of aromatic nitrogens is 4. The number of carbonyl (C=O) groups excluding carboxylic acids is 1. The maximum absolute atomic E-state index is 12.5. The number of para-hydroxylation sites is 1. The molecule has 0 saturated carbocycles. The fraction of sp³-hybridized carbons (Fsp3) is 0.263. The molecule has 1 aromatic carbocycles. The summed E-state index contributed by atoms with van der Waals surface area (Å²) in [6.07, 6.45) is 3.47. The number of piperazine rings is 1. The second-order valence-corrected chi connectivity index (χ2v) is 7.09. The normalized spacial score (nSPS) is 14.4. The number of hydrogen-bond acceptors (Lipinski definition) is 6. The summed E-state index contributed by atoms with van der Waals surface area (Å²) in [5.41, 5.74) is 0.953. The molecule has 4 rings (SSSR count). The van der Waals surface area contributed by atoms with Crippen molar-refractivity contribution < 1.29 is 4.79 Å². The lowest BCUT2D eigenvalue weighted by Gasteiger charge is -2.35. The number of pyridine rings is 1. The van der Waals surface area contributed by atoms with Gasteiger partial charge in [0.15, 0.2) is 0 Å². The van der Waals surface area contributed by atoms with Crippen molar-refractivity contribution in [2.45, 2.75) is 5.16 Å². The van der Waals surface area contributed by atoms with E-state index in [1.54, 1.807) is 17.2 Å². The lowest BCUT2D eigenvalue weighted by atomic mass is 10.3. The van der Waals surface area contributed by atoms with Crippen LogP contribution >= 0.6 is 11.8 Å². The molecule has 0 radical (unpaired) electrons. The molecule has 3 aromatic rings. The maximum atomic E-state index is 12.5. The molecule has 0 aliphatic carbocycles. The van der Waals surface area contributed by atoms with Crippen LogP contribution in [-0.2, 0) is 4.79 Å². The Morgan fingerprint density at radius 1 is 0.963 bits per heavy atom. The van der Waals surface area contributed by atoms with Gasteiger partial charge in [-0.05, 0) is 24.3 Å². The zero-order valence-electron chi connectivity index (χ0n) is 14.8. The third-order valence-corrected chi connectivity index (χ3v) is 5.26. The molecule has 1 aliphatic heterocycles. The van der Waals surface area contributed by atoms with Gasteiger partial charge in [-0.1, -0.05) is 36.0 Å². The van der Waals surface area contributed by atoms with Crippen molar-refractivity contribution in [3.63, 3.8) is 0 Å². The van der Waals surface area contributed by atoms with Crippen molar-refractivity contribution in [3.8, 4) is 5.69 Å². The van der Waals surface area contributed by atoms with Gasteiger partial charge in [0.1, 0.15) is 12.1 Å². The van der Waals surface area contributed by atoms with Gasteiger partial charge in [-0.3, -0.25) is 4.79 Å². The van der Waals surface area contributed by atoms with Crippen LogP contribution in [0.2, 0.25) is 0 Å². The Kier molecular flexibility index (Phi) is 5.34. The van der Waals surface area contributed by atoms with Crippen molar-refractivity contribution in [2.75, 3.05) is 36.8 Å². The third-order valence-electron chi connectivity index (χ3n) is 4.42. The average molecular weight is 380 g/mol. The highest BCUT2D eigenvalue weighted by Gasteiger charge is 2.22. The number of amides is 1. The molecule has 0 N–H and O–H groups in total. The zero-order valence-corrected chi connectivity index (χ0v) is 15.6. The van der Waals surface area contributed by atoms with Crippen LogP contribution < -0.4 is 4.90 Å². The van der Waals surface area contributed by atoms with Crippen LogP contribution in [0.5, 0.6) is 0 Å². The summed E-state index contributed by atoms with van der Waals surface area (Å²) in [5.74, 6) is 1.44. The average Bonchev–Trinajstić information content (AvgIpc) is 3.22. The number of thioether (sulfide) groups is 1. The number of anilines is 1. The zero-order chi connectivity index (χ0) is 18.5. The molecule has 8 heteroatoms. The number of rotatable bonds is 5. The monoisotopic (exact) mass is 380 g/mol. The van der Waals surface area contributed by atoms with E-state index in [0.29, 0.717) is 24.0 Å². The fourth-order valence-corrected chi connectivity index (χ4v) is 3.66. The highest BCUT2D eigenvalue weighted by molar-refractivity contribution is 7.99. The summed E-state index contributed by atoms with van der Waals surface area (Å²) in [6.45, 7) is 3.02. The van der Waals surface area contributed by atoms with E-state index < -0.39 is 0 Å². The molecule has 2 aromatic heterocycles. The van der Waals surface area contributed by atoms with E-state index in [1.165, 1.54) is 11.8 Å². The van der Waals surface area contributed by atoms with Crippen molar-refractivity contribution in [3.05, 3.63) is 61.1 Å². The first-order valence-electron chi connectivity index (χ1n) is 8.83. The largest absolute Gasteiger partial charge is 0.353 e. The van der Waals surface area contributed by atoms with E-state index in [-0.39, 0.29) is 5.91 Å². The Labute approximate surface area is 162 Å². The van der Waals surface area contributed by atoms with E-state index in [4.69, 9.17) is 0 Å². The second-order valence-electron chi connectivity index (χ2n) is 6.15. The molecule has 3 heterocycles. The molecular formula is C19H20N6OS. The fourth-order valence-electron chi connectivity index (χ4n) is 2.96. The summed E-state index contributed by atoms with van der Waals surface area (Å²) >= 11 is 1.37. The molecule has 1 saturated heterocycles. The summed E-state index contributed by atoms with van der Waals surface area (Å²) in [6, 6.07) is 15.7. The minimum absolute atomic E-state index is 0.122. The molecule has 0 spiro atoms. The standard InChI is InChI=1S/C19H20N6OS/c26-18(24-12-10-23(11-13-24)17-8-4-5-9-20-17)14-27-19-21-15-25(22-19)16-6-2-1-3-7-16/h1-9,15H,10-14H2. The van der Waals surface area contributed by atoms with Crippen LogP contribution in [0.3, 0.4) is 0 Å². The number of hydrogen-bond donors (Lipinski definition) is 0. The Bertz CT molecular complexity index is 877. The van der Waals surface area contributed by atoms with Crippen LogP contribution in [0.1, 0.15) is 0 Å². The predicted molar refractivity (Wildman–Crippen MR) is 105 cm³/mol. The van der Waals surface area contributed by atoms with E-state index >= 15 is 0 Å². The number of nitrogens with zero attached hydrogens (tertiary/aromatic N) is 6. The van der Waals surface area contributed by atoms with Crippen LogP contribution in [-0.4, -0.2) is 62.5 Å². The van der Waals surface area contributed by atoms with E-state index in [1.807, 2.05) is 53.4 Å². The van der Waals surface area contributed by atoms with E-state index in [0.717, 1.165) is 24.6 Å². The van der Waals surface area contributed by atoms with Crippen molar-refractivity contribution in [1.29, 1.82) is 0 Å². The molecule has 1 amide bonds. The number of carbonyl (C=O) groups is 1. The summed E-state index contributed by atoms with van der Waals surface area (Å²) in [4.78, 5) is 25.3. The SMILES string of the molecule is O=C(CSc1ncn(-c2ccccc2)n1)N1CCN(c2ccccn2)CC1. The number of benzene rings is 1. The first-order valence-corrected chi connectivity index (χ1v) is 9.82. The molecule has 7 nitrogen and oxygen atoms in total. The highest BCUT2D eigenvalue weighted by atomic mass is 32.2. The molecule has 0 atom stereocenters. The van der Waals surface area contributed by atoms with Crippen molar-refractivity contribution in [2.24, 2.45) is 0 Å². The van der Waals surface area contributed by atoms with E-state index in [9.17, 15) is 4.79 Å². The molecule has 1 aliphatic rings. The quantitative estimate of drug-likeness (QED) is 0.632. The first kappa shape index (κ1) is 17.5. The summed E-state index contributed by atoms with van der Waals surface area (Å²) < 4.78 is 1.72. The van der Waals surface area contributed by atoms with Gasteiger partial charge in [0.25, 0.3) is 0 Å². The Morgan fingerprint density at radius 2 is 1.74 bits per heavy atom. The molecule has 0 bridgehead atoms. The topological polar surface area (TPSA) is 67.2 Å². The van der Waals surface area contributed by atoms with Gasteiger partial charge in [0.05, 0.1) is 11.4 Å². The minimum atomic E-state index is 0.122. The van der Waals surface area contributed by atoms with Crippen LogP contribution in [0.15, 0.2) is 66.2 Å². The van der Waals surface area contributed by atoms with Crippen molar-refractivity contribution >= 4 is 23.5 Å². The second kappa shape index (κ2) is 8.22. The predicted octanol–water partition coefficient (Wildman–Crippen LogP) is 2.10. The molecular weight excluding hydrogens is 360 g/mol. The lowest BCUT2D eigenvalue weighted by Crippen LogP contribution is -2.49. The third kappa shape index (κ3) is 4.28. The van der Waals surface area contributed by atoms with Gasteiger partial charge in [0, 0.05) is 32.4 Å². The first-order chi connectivity index (χ1) is 13.3. The Morgan fingerprint density at radius 3 is 2.48 bits per heavy atom. The van der Waals surface area contributed by atoms with Crippen LogP contribution in [0, 0.1) is 0 Å². The minimum Gasteiger partial charge on any atom is -0.353 e. The smallest absolute Gasteiger partial charge is 0.233 e. The summed E-state index contributed by atoms with van der Waals surface area (Å²) in [5, 5.41) is 5.04. The Hall–Kier alpha value is -2.87. The lowest BCUT2D eigenvalue weighted by molar-refractivity contribution is -0.128. The molecule has 0 unspecified atom stereocenters. The highest BCUT2D eigenvalue weighted by Crippen LogP contribution is 2.17. The Balaban J connectivity index is 1.27.